The highest BCUT2D eigenvalue weighted by Crippen LogP contribution is 2.24. The predicted molar refractivity (Wildman–Crippen MR) is 65.2 cm³/mol. The number of hydrogen-bond donors (Lipinski definition) is 2. The minimum Gasteiger partial charge on any atom is -0.395 e. The van der Waals surface area contributed by atoms with Crippen molar-refractivity contribution in [2.45, 2.75) is 13.8 Å². The Bertz CT molecular complexity index is 443. The number of anilines is 1. The molecule has 0 saturated carbocycles. The van der Waals surface area contributed by atoms with Crippen LogP contribution in [-0.2, 0) is 4.79 Å². The van der Waals surface area contributed by atoms with E-state index >= 15 is 0 Å². The number of aldehydes is 1. The van der Waals surface area contributed by atoms with Gasteiger partial charge in [-0.3, -0.25) is 9.80 Å². The number of nitrogens with zero attached hydrogens (tertiary/aromatic N) is 1. The topological polar surface area (TPSA) is 72.4 Å². The second-order valence-corrected chi connectivity index (χ2v) is 3.93. The summed E-state index contributed by atoms with van der Waals surface area (Å²) in [5.74, 6) is 5.26. The van der Waals surface area contributed by atoms with E-state index in [1.54, 1.807) is 12.1 Å². The van der Waals surface area contributed by atoms with Crippen LogP contribution >= 0.6 is 0 Å². The Hall–Kier alpha value is -1.88. The van der Waals surface area contributed by atoms with Gasteiger partial charge in [-0.1, -0.05) is 26.0 Å². The number of halogens is 1. The zero-order valence-corrected chi connectivity index (χ0v) is 9.85. The normalized spacial score (nSPS) is 12.3. The fraction of sp³-hybridized carbons (Fsp3) is 0.250. The van der Waals surface area contributed by atoms with E-state index in [0.717, 1.165) is 5.01 Å². The minimum absolute atomic E-state index is 0.00533. The highest BCUT2D eigenvalue weighted by Gasteiger charge is 2.18. The predicted octanol–water partition coefficient (Wildman–Crippen LogP) is 1.53. The molecule has 0 aliphatic carbocycles. The molecule has 0 radical (unpaired) electrons. The Labute approximate surface area is 99.7 Å². The lowest BCUT2D eigenvalue weighted by molar-refractivity contribution is -0.105. The van der Waals surface area contributed by atoms with Crippen LogP contribution < -0.4 is 16.6 Å². The fourth-order valence-electron chi connectivity index (χ4n) is 1.59. The monoisotopic (exact) mass is 237 g/mol. The molecule has 92 valence electrons. The quantitative estimate of drug-likeness (QED) is 0.360. The molecule has 0 atom stereocenters. The van der Waals surface area contributed by atoms with Gasteiger partial charge in [-0.15, -0.1) is 0 Å². The van der Waals surface area contributed by atoms with Gasteiger partial charge in [0.2, 0.25) is 0 Å². The average Bonchev–Trinajstić information content (AvgIpc) is 2.28. The van der Waals surface area contributed by atoms with Crippen LogP contribution in [0.5, 0.6) is 0 Å². The van der Waals surface area contributed by atoms with E-state index in [1.807, 2.05) is 13.8 Å². The second kappa shape index (κ2) is 5.45. The molecule has 0 saturated heterocycles. The van der Waals surface area contributed by atoms with Crippen LogP contribution in [0.3, 0.4) is 0 Å². The summed E-state index contributed by atoms with van der Waals surface area (Å²) in [6, 6.07) is 6.04. The van der Waals surface area contributed by atoms with Gasteiger partial charge in [0.05, 0.1) is 17.1 Å². The number of nitrogens with two attached hydrogens (primary N) is 2. The summed E-state index contributed by atoms with van der Waals surface area (Å²) in [6.07, 6.45) is 0.510. The molecule has 0 fully saturated rings. The molecule has 4 nitrogen and oxygen atoms in total. The van der Waals surface area contributed by atoms with Crippen molar-refractivity contribution in [2.75, 3.05) is 5.01 Å². The molecular formula is C12H16FN3O. The molecule has 0 spiro atoms. The van der Waals surface area contributed by atoms with Crippen molar-refractivity contribution >= 4 is 12.0 Å². The molecule has 0 amide bonds. The van der Waals surface area contributed by atoms with E-state index < -0.39 is 5.82 Å². The van der Waals surface area contributed by atoms with E-state index in [1.165, 1.54) is 12.1 Å². The zero-order valence-electron chi connectivity index (χ0n) is 9.85. The number of hydrazine groups is 1. The van der Waals surface area contributed by atoms with Gasteiger partial charge < -0.3 is 5.73 Å². The van der Waals surface area contributed by atoms with Gasteiger partial charge in [0.25, 0.3) is 0 Å². The summed E-state index contributed by atoms with van der Waals surface area (Å²) in [5, 5.41) is 1.11. The third kappa shape index (κ3) is 2.82. The lowest BCUT2D eigenvalue weighted by atomic mass is 10.1. The minimum atomic E-state index is -0.466. The van der Waals surface area contributed by atoms with E-state index in [-0.39, 0.29) is 17.3 Å². The van der Waals surface area contributed by atoms with E-state index in [4.69, 9.17) is 11.6 Å². The number of carbonyl (C=O) groups excluding carboxylic acids is 1. The van der Waals surface area contributed by atoms with Crippen molar-refractivity contribution in [1.29, 1.82) is 0 Å². The smallest absolute Gasteiger partial charge is 0.167 e. The Morgan fingerprint density at radius 3 is 2.47 bits per heavy atom. The van der Waals surface area contributed by atoms with Crippen LogP contribution in [-0.4, -0.2) is 6.29 Å². The van der Waals surface area contributed by atoms with Crippen LogP contribution in [0.2, 0.25) is 0 Å². The molecule has 1 rings (SSSR count). The van der Waals surface area contributed by atoms with Gasteiger partial charge >= 0.3 is 0 Å². The van der Waals surface area contributed by atoms with Gasteiger partial charge in [-0.2, -0.15) is 0 Å². The number of para-hydroxylation sites is 1. The number of benzene rings is 1. The molecule has 1 aromatic carbocycles. The van der Waals surface area contributed by atoms with E-state index in [2.05, 4.69) is 0 Å². The molecule has 0 heterocycles. The third-order valence-electron chi connectivity index (χ3n) is 2.34. The maximum atomic E-state index is 13.6. The Morgan fingerprint density at radius 1 is 1.41 bits per heavy atom. The van der Waals surface area contributed by atoms with Crippen molar-refractivity contribution in [3.8, 4) is 0 Å². The largest absolute Gasteiger partial charge is 0.395 e. The molecule has 17 heavy (non-hydrogen) atoms. The third-order valence-corrected chi connectivity index (χ3v) is 2.34. The second-order valence-electron chi connectivity index (χ2n) is 3.93. The highest BCUT2D eigenvalue weighted by atomic mass is 19.1. The van der Waals surface area contributed by atoms with Gasteiger partial charge in [0, 0.05) is 0 Å². The SMILES string of the molecule is CC(C)/C(=C(/N)C=O)N(N)c1ccccc1F. The average molecular weight is 237 g/mol. The highest BCUT2D eigenvalue weighted by molar-refractivity contribution is 5.75. The lowest BCUT2D eigenvalue weighted by Crippen LogP contribution is -2.35. The zero-order chi connectivity index (χ0) is 13.0. The van der Waals surface area contributed by atoms with Crippen LogP contribution in [0.15, 0.2) is 35.7 Å². The molecular weight excluding hydrogens is 221 g/mol. The maximum Gasteiger partial charge on any atom is 0.167 e. The molecule has 0 aliphatic rings. The first-order valence-corrected chi connectivity index (χ1v) is 5.23. The standard InChI is InChI=1S/C12H16FN3O/c1-8(2)12(10(14)7-17)16(15)11-6-4-3-5-9(11)13/h3-8H,14-15H2,1-2H3/b12-10-. The Kier molecular flexibility index (Phi) is 4.23. The molecule has 0 bridgehead atoms. The lowest BCUT2D eigenvalue weighted by Gasteiger charge is -2.25. The Balaban J connectivity index is 3.23. The van der Waals surface area contributed by atoms with Crippen molar-refractivity contribution in [3.05, 3.63) is 41.5 Å². The van der Waals surface area contributed by atoms with Crippen LogP contribution in [0.1, 0.15) is 13.8 Å². The number of hydrogen-bond acceptors (Lipinski definition) is 4. The Morgan fingerprint density at radius 2 is 2.00 bits per heavy atom. The maximum absolute atomic E-state index is 13.6. The van der Waals surface area contributed by atoms with Crippen LogP contribution in [0.25, 0.3) is 0 Å². The fourth-order valence-corrected chi connectivity index (χ4v) is 1.59. The van der Waals surface area contributed by atoms with Crippen LogP contribution in [0, 0.1) is 11.7 Å². The van der Waals surface area contributed by atoms with Crippen LogP contribution in [0.4, 0.5) is 10.1 Å². The molecule has 0 unspecified atom stereocenters. The summed E-state index contributed by atoms with van der Waals surface area (Å²) in [4.78, 5) is 10.7. The van der Waals surface area contributed by atoms with E-state index in [9.17, 15) is 9.18 Å². The molecule has 5 heteroatoms. The summed E-state index contributed by atoms with van der Waals surface area (Å²) in [5.41, 5.74) is 6.15. The molecule has 4 N–H and O–H groups in total. The first-order valence-electron chi connectivity index (χ1n) is 5.23. The first kappa shape index (κ1) is 13.2. The van der Waals surface area contributed by atoms with E-state index in [0.29, 0.717) is 12.0 Å². The molecule has 0 aromatic heterocycles. The van der Waals surface area contributed by atoms with Crippen molar-refractivity contribution in [3.63, 3.8) is 0 Å². The summed E-state index contributed by atoms with van der Waals surface area (Å²) < 4.78 is 13.6. The van der Waals surface area contributed by atoms with Gasteiger partial charge in [-0.05, 0) is 18.1 Å². The van der Waals surface area contributed by atoms with Crippen molar-refractivity contribution in [1.82, 2.24) is 0 Å². The van der Waals surface area contributed by atoms with Crippen molar-refractivity contribution < 1.29 is 9.18 Å². The molecule has 0 aliphatic heterocycles. The van der Waals surface area contributed by atoms with Crippen molar-refractivity contribution in [2.24, 2.45) is 17.5 Å². The number of allylic oxidation sites excluding steroid dienone is 2. The van der Waals surface area contributed by atoms with Gasteiger partial charge in [0.1, 0.15) is 5.82 Å². The summed E-state index contributed by atoms with van der Waals surface area (Å²) in [7, 11) is 0. The van der Waals surface area contributed by atoms with Gasteiger partial charge in [0.15, 0.2) is 6.29 Å². The molecule has 1 aromatic rings. The summed E-state index contributed by atoms with van der Waals surface area (Å²) >= 11 is 0. The summed E-state index contributed by atoms with van der Waals surface area (Å²) in [6.45, 7) is 3.65. The number of carbonyl (C=O) groups is 1. The first-order chi connectivity index (χ1) is 7.99. The number of rotatable bonds is 4. The van der Waals surface area contributed by atoms with Gasteiger partial charge in [-0.25, -0.2) is 10.2 Å².